The summed E-state index contributed by atoms with van der Waals surface area (Å²) in [5, 5.41) is 3.97. The Morgan fingerprint density at radius 3 is 2.76 bits per heavy atom. The van der Waals surface area contributed by atoms with E-state index in [1.165, 1.54) is 16.8 Å². The van der Waals surface area contributed by atoms with Crippen molar-refractivity contribution in [1.29, 1.82) is 0 Å². The van der Waals surface area contributed by atoms with E-state index in [2.05, 4.69) is 21.0 Å². The Bertz CT molecular complexity index is 573. The maximum Gasteiger partial charge on any atom is 0.212 e. The maximum atomic E-state index is 13.2. The first kappa shape index (κ1) is 12.0. The Kier molecular flexibility index (Phi) is 3.11. The molecule has 1 aromatic heterocycles. The lowest BCUT2D eigenvalue weighted by atomic mass is 10.0. The van der Waals surface area contributed by atoms with Gasteiger partial charge in [-0.2, -0.15) is 5.10 Å². The van der Waals surface area contributed by atoms with Crippen LogP contribution in [0.2, 0.25) is 0 Å². The zero-order valence-electron chi connectivity index (χ0n) is 9.37. The fraction of sp³-hybridized carbons (Fsp3) is 0.167. The molecular weight excluding hydrogens is 287 g/mol. The SMILES string of the molecule is Cc1ccc(F)cc1C(=O)c1c(Br)cnn1C. The van der Waals surface area contributed by atoms with E-state index in [4.69, 9.17) is 0 Å². The summed E-state index contributed by atoms with van der Waals surface area (Å²) in [4.78, 5) is 12.3. The maximum absolute atomic E-state index is 13.2. The summed E-state index contributed by atoms with van der Waals surface area (Å²) in [7, 11) is 1.67. The van der Waals surface area contributed by atoms with Crippen LogP contribution in [0.25, 0.3) is 0 Å². The first-order chi connectivity index (χ1) is 8.00. The van der Waals surface area contributed by atoms with Crippen LogP contribution in [-0.4, -0.2) is 15.6 Å². The van der Waals surface area contributed by atoms with Crippen LogP contribution in [0.4, 0.5) is 4.39 Å². The standard InChI is InChI=1S/C12H10BrFN2O/c1-7-3-4-8(14)5-9(7)12(17)11-10(13)6-15-16(11)2/h3-6H,1-2H3. The number of halogens is 2. The van der Waals surface area contributed by atoms with Crippen LogP contribution in [0, 0.1) is 12.7 Å². The molecule has 0 bridgehead atoms. The molecule has 88 valence electrons. The Morgan fingerprint density at radius 1 is 1.47 bits per heavy atom. The van der Waals surface area contributed by atoms with Crippen molar-refractivity contribution < 1.29 is 9.18 Å². The lowest BCUT2D eigenvalue weighted by Crippen LogP contribution is -2.10. The molecule has 1 heterocycles. The quantitative estimate of drug-likeness (QED) is 0.799. The lowest BCUT2D eigenvalue weighted by Gasteiger charge is -2.06. The second-order valence-corrected chi connectivity index (χ2v) is 4.61. The highest BCUT2D eigenvalue weighted by molar-refractivity contribution is 9.10. The molecule has 0 N–H and O–H groups in total. The van der Waals surface area contributed by atoms with E-state index in [1.54, 1.807) is 26.2 Å². The van der Waals surface area contributed by atoms with Gasteiger partial charge < -0.3 is 0 Å². The van der Waals surface area contributed by atoms with Crippen molar-refractivity contribution in [2.75, 3.05) is 0 Å². The first-order valence-corrected chi connectivity index (χ1v) is 5.78. The van der Waals surface area contributed by atoms with E-state index in [-0.39, 0.29) is 5.78 Å². The second-order valence-electron chi connectivity index (χ2n) is 3.75. The molecule has 5 heteroatoms. The minimum Gasteiger partial charge on any atom is -0.287 e. The summed E-state index contributed by atoms with van der Waals surface area (Å²) < 4.78 is 15.2. The second kappa shape index (κ2) is 4.41. The molecule has 0 amide bonds. The molecule has 0 aliphatic heterocycles. The van der Waals surface area contributed by atoms with Crippen LogP contribution in [0.3, 0.4) is 0 Å². The number of carbonyl (C=O) groups is 1. The highest BCUT2D eigenvalue weighted by atomic mass is 79.9. The zero-order chi connectivity index (χ0) is 12.6. The molecule has 0 saturated carbocycles. The van der Waals surface area contributed by atoms with Crippen molar-refractivity contribution >= 4 is 21.7 Å². The molecule has 0 atom stereocenters. The van der Waals surface area contributed by atoms with E-state index in [0.29, 0.717) is 15.7 Å². The molecule has 0 saturated heterocycles. The molecule has 0 aliphatic carbocycles. The number of benzene rings is 1. The summed E-state index contributed by atoms with van der Waals surface area (Å²) in [6.45, 7) is 1.77. The van der Waals surface area contributed by atoms with Crippen LogP contribution in [0.15, 0.2) is 28.9 Å². The van der Waals surface area contributed by atoms with Crippen LogP contribution in [-0.2, 0) is 7.05 Å². The van der Waals surface area contributed by atoms with Gasteiger partial charge in [0.05, 0.1) is 10.7 Å². The van der Waals surface area contributed by atoms with E-state index >= 15 is 0 Å². The number of nitrogens with zero attached hydrogens (tertiary/aromatic N) is 2. The van der Waals surface area contributed by atoms with Crippen LogP contribution < -0.4 is 0 Å². The fourth-order valence-corrected chi connectivity index (χ4v) is 2.16. The van der Waals surface area contributed by atoms with Crippen LogP contribution in [0.5, 0.6) is 0 Å². The number of aryl methyl sites for hydroxylation is 2. The lowest BCUT2D eigenvalue weighted by molar-refractivity contribution is 0.102. The Morgan fingerprint density at radius 2 is 2.18 bits per heavy atom. The van der Waals surface area contributed by atoms with Crippen molar-refractivity contribution in [3.05, 3.63) is 51.5 Å². The van der Waals surface area contributed by atoms with E-state index < -0.39 is 5.82 Å². The smallest absolute Gasteiger partial charge is 0.212 e. The molecule has 0 spiro atoms. The monoisotopic (exact) mass is 296 g/mol. The minimum absolute atomic E-state index is 0.242. The average Bonchev–Trinajstić information content (AvgIpc) is 2.61. The van der Waals surface area contributed by atoms with E-state index in [1.807, 2.05) is 0 Å². The third-order valence-corrected chi connectivity index (χ3v) is 3.13. The summed E-state index contributed by atoms with van der Waals surface area (Å²) in [5.74, 6) is -0.661. The van der Waals surface area contributed by atoms with Crippen molar-refractivity contribution in [1.82, 2.24) is 9.78 Å². The highest BCUT2D eigenvalue weighted by Gasteiger charge is 2.19. The predicted octanol–water partition coefficient (Wildman–Crippen LogP) is 2.86. The summed E-state index contributed by atoms with van der Waals surface area (Å²) in [6.07, 6.45) is 1.54. The molecule has 0 unspecified atom stereocenters. The van der Waals surface area contributed by atoms with Gasteiger partial charge in [0.25, 0.3) is 0 Å². The van der Waals surface area contributed by atoms with Crippen molar-refractivity contribution in [2.45, 2.75) is 6.92 Å². The Labute approximate surface area is 106 Å². The van der Waals surface area contributed by atoms with E-state index in [0.717, 1.165) is 5.56 Å². The average molecular weight is 297 g/mol. The number of aromatic nitrogens is 2. The van der Waals surface area contributed by atoms with Crippen LogP contribution in [0.1, 0.15) is 21.6 Å². The van der Waals surface area contributed by atoms with Gasteiger partial charge in [-0.1, -0.05) is 6.07 Å². The normalized spacial score (nSPS) is 10.6. The molecule has 2 aromatic rings. The Balaban J connectivity index is 2.55. The van der Waals surface area contributed by atoms with Crippen molar-refractivity contribution in [3.8, 4) is 0 Å². The van der Waals surface area contributed by atoms with Gasteiger partial charge in [0.1, 0.15) is 11.5 Å². The minimum atomic E-state index is -0.419. The van der Waals surface area contributed by atoms with Gasteiger partial charge in [-0.25, -0.2) is 4.39 Å². The van der Waals surface area contributed by atoms with Crippen molar-refractivity contribution in [2.24, 2.45) is 7.05 Å². The van der Waals surface area contributed by atoms with Gasteiger partial charge >= 0.3 is 0 Å². The number of hydrogen-bond acceptors (Lipinski definition) is 2. The predicted molar refractivity (Wildman–Crippen MR) is 65.5 cm³/mol. The molecule has 0 aliphatic rings. The van der Waals surface area contributed by atoms with Crippen molar-refractivity contribution in [3.63, 3.8) is 0 Å². The third kappa shape index (κ3) is 2.15. The molecule has 2 rings (SSSR count). The molecule has 17 heavy (non-hydrogen) atoms. The summed E-state index contributed by atoms with van der Waals surface area (Å²) in [6, 6.07) is 4.17. The zero-order valence-corrected chi connectivity index (χ0v) is 11.0. The Hall–Kier alpha value is -1.49. The largest absolute Gasteiger partial charge is 0.287 e. The van der Waals surface area contributed by atoms with Gasteiger partial charge in [0, 0.05) is 12.6 Å². The van der Waals surface area contributed by atoms with Crippen LogP contribution >= 0.6 is 15.9 Å². The number of ketones is 1. The number of rotatable bonds is 2. The van der Waals surface area contributed by atoms with Gasteiger partial charge in [-0.3, -0.25) is 9.48 Å². The van der Waals surface area contributed by atoms with E-state index in [9.17, 15) is 9.18 Å². The molecule has 3 nitrogen and oxygen atoms in total. The fourth-order valence-electron chi connectivity index (χ4n) is 1.63. The number of hydrogen-bond donors (Lipinski definition) is 0. The first-order valence-electron chi connectivity index (χ1n) is 4.99. The highest BCUT2D eigenvalue weighted by Crippen LogP contribution is 2.21. The summed E-state index contributed by atoms with van der Waals surface area (Å²) in [5.41, 5.74) is 1.51. The molecule has 0 radical (unpaired) electrons. The molecule has 0 fully saturated rings. The summed E-state index contributed by atoms with van der Waals surface area (Å²) >= 11 is 3.26. The number of carbonyl (C=O) groups excluding carboxylic acids is 1. The van der Waals surface area contributed by atoms with Gasteiger partial charge in [0.15, 0.2) is 0 Å². The third-order valence-electron chi connectivity index (χ3n) is 2.55. The van der Waals surface area contributed by atoms with Gasteiger partial charge in [-0.15, -0.1) is 0 Å². The molecular formula is C12H10BrFN2O. The van der Waals surface area contributed by atoms with Gasteiger partial charge in [-0.05, 0) is 40.5 Å². The topological polar surface area (TPSA) is 34.9 Å². The van der Waals surface area contributed by atoms with Gasteiger partial charge in [0.2, 0.25) is 5.78 Å². The molecule has 1 aromatic carbocycles.